The van der Waals surface area contributed by atoms with E-state index in [9.17, 15) is 0 Å². The predicted molar refractivity (Wildman–Crippen MR) is 67.5 cm³/mol. The molecule has 0 bridgehead atoms. The Morgan fingerprint density at radius 1 is 1.07 bits per heavy atom. The zero-order valence-electron chi connectivity index (χ0n) is 10.2. The molecule has 0 aliphatic rings. The Morgan fingerprint density at radius 3 is 2.20 bits per heavy atom. The second-order valence-corrected chi connectivity index (χ2v) is 4.30. The van der Waals surface area contributed by atoms with Crippen LogP contribution in [0.25, 0.3) is 0 Å². The van der Waals surface area contributed by atoms with E-state index in [0.29, 0.717) is 6.04 Å². The molecule has 0 spiro atoms. The van der Waals surface area contributed by atoms with Crippen LogP contribution in [0.2, 0.25) is 0 Å². The average Bonchev–Trinajstić information content (AvgIpc) is 2.15. The van der Waals surface area contributed by atoms with E-state index in [2.05, 4.69) is 56.5 Å². The van der Waals surface area contributed by atoms with Crippen molar-refractivity contribution >= 4 is 5.69 Å². The maximum atomic E-state index is 3.47. The molecule has 0 amide bonds. The number of benzene rings is 1. The highest BCUT2D eigenvalue weighted by Gasteiger charge is 2.00. The van der Waals surface area contributed by atoms with E-state index >= 15 is 0 Å². The van der Waals surface area contributed by atoms with E-state index in [1.807, 2.05) is 0 Å². The zero-order valence-corrected chi connectivity index (χ0v) is 10.2. The van der Waals surface area contributed by atoms with Crippen molar-refractivity contribution in [1.82, 2.24) is 5.32 Å². The number of aryl methyl sites for hydroxylation is 2. The van der Waals surface area contributed by atoms with Gasteiger partial charge in [0.15, 0.2) is 0 Å². The molecule has 0 saturated carbocycles. The normalized spacial score (nSPS) is 10.7. The fourth-order valence-corrected chi connectivity index (χ4v) is 1.64. The SMILES string of the molecule is Cc1cccc(C)c1NCCNC(C)C. The molecule has 2 N–H and O–H groups in total. The predicted octanol–water partition coefficient (Wildman–Crippen LogP) is 2.71. The van der Waals surface area contributed by atoms with E-state index in [1.165, 1.54) is 16.8 Å². The third-order valence-corrected chi connectivity index (χ3v) is 2.46. The van der Waals surface area contributed by atoms with Crippen molar-refractivity contribution in [1.29, 1.82) is 0 Å². The van der Waals surface area contributed by atoms with Gasteiger partial charge in [0.25, 0.3) is 0 Å². The number of rotatable bonds is 5. The molecule has 0 unspecified atom stereocenters. The number of anilines is 1. The standard InChI is InChI=1S/C13H22N2/c1-10(2)14-8-9-15-13-11(3)6-5-7-12(13)4/h5-7,10,14-15H,8-9H2,1-4H3. The molecule has 1 rings (SSSR count). The molecule has 0 radical (unpaired) electrons. The highest BCUT2D eigenvalue weighted by atomic mass is 15.0. The summed E-state index contributed by atoms with van der Waals surface area (Å²) in [6.07, 6.45) is 0. The van der Waals surface area contributed by atoms with Crippen molar-refractivity contribution in [3.05, 3.63) is 29.3 Å². The Bertz CT molecular complexity index is 285. The summed E-state index contributed by atoms with van der Waals surface area (Å²) in [6, 6.07) is 6.95. The lowest BCUT2D eigenvalue weighted by Crippen LogP contribution is -2.28. The molecule has 0 atom stereocenters. The molecule has 0 fully saturated rings. The molecule has 1 aromatic rings. The third kappa shape index (κ3) is 3.92. The van der Waals surface area contributed by atoms with Crippen LogP contribution < -0.4 is 10.6 Å². The van der Waals surface area contributed by atoms with Gasteiger partial charge in [-0.3, -0.25) is 0 Å². The highest BCUT2D eigenvalue weighted by Crippen LogP contribution is 2.18. The van der Waals surface area contributed by atoms with Gasteiger partial charge in [-0.2, -0.15) is 0 Å². The fraction of sp³-hybridized carbons (Fsp3) is 0.538. The first-order valence-electron chi connectivity index (χ1n) is 5.64. The Labute approximate surface area is 93.1 Å². The van der Waals surface area contributed by atoms with Crippen LogP contribution >= 0.6 is 0 Å². The van der Waals surface area contributed by atoms with Gasteiger partial charge in [-0.15, -0.1) is 0 Å². The maximum absolute atomic E-state index is 3.47. The minimum absolute atomic E-state index is 0.560. The van der Waals surface area contributed by atoms with Gasteiger partial charge in [0.2, 0.25) is 0 Å². The second-order valence-electron chi connectivity index (χ2n) is 4.30. The average molecular weight is 206 g/mol. The second kappa shape index (κ2) is 5.76. The van der Waals surface area contributed by atoms with Crippen molar-refractivity contribution in [2.45, 2.75) is 33.7 Å². The summed E-state index contributed by atoms with van der Waals surface area (Å²) in [5, 5.41) is 6.87. The number of nitrogens with one attached hydrogen (secondary N) is 2. The van der Waals surface area contributed by atoms with Gasteiger partial charge >= 0.3 is 0 Å². The van der Waals surface area contributed by atoms with Crippen LogP contribution in [0.5, 0.6) is 0 Å². The first-order chi connectivity index (χ1) is 7.11. The summed E-state index contributed by atoms with van der Waals surface area (Å²) in [4.78, 5) is 0. The molecule has 0 saturated heterocycles. The van der Waals surface area contributed by atoms with Crippen LogP contribution in [-0.4, -0.2) is 19.1 Å². The van der Waals surface area contributed by atoms with Crippen molar-refractivity contribution in [3.8, 4) is 0 Å². The van der Waals surface area contributed by atoms with Gasteiger partial charge in [-0.05, 0) is 25.0 Å². The molecule has 0 aromatic heterocycles. The van der Waals surface area contributed by atoms with Gasteiger partial charge in [0.05, 0.1) is 0 Å². The topological polar surface area (TPSA) is 24.1 Å². The number of para-hydroxylation sites is 1. The van der Waals surface area contributed by atoms with E-state index in [-0.39, 0.29) is 0 Å². The quantitative estimate of drug-likeness (QED) is 0.724. The van der Waals surface area contributed by atoms with Gasteiger partial charge in [0, 0.05) is 24.8 Å². The Kier molecular flexibility index (Phi) is 4.63. The van der Waals surface area contributed by atoms with E-state index in [1.54, 1.807) is 0 Å². The molecule has 0 aliphatic heterocycles. The van der Waals surface area contributed by atoms with E-state index in [0.717, 1.165) is 13.1 Å². The van der Waals surface area contributed by atoms with Gasteiger partial charge in [0.1, 0.15) is 0 Å². The first kappa shape index (κ1) is 12.1. The molecular formula is C13H22N2. The van der Waals surface area contributed by atoms with Crippen LogP contribution in [0, 0.1) is 13.8 Å². The minimum atomic E-state index is 0.560. The van der Waals surface area contributed by atoms with Gasteiger partial charge in [-0.1, -0.05) is 32.0 Å². The fourth-order valence-electron chi connectivity index (χ4n) is 1.64. The van der Waals surface area contributed by atoms with Crippen LogP contribution in [0.15, 0.2) is 18.2 Å². The summed E-state index contributed by atoms with van der Waals surface area (Å²) >= 11 is 0. The summed E-state index contributed by atoms with van der Waals surface area (Å²) in [5.41, 5.74) is 3.92. The van der Waals surface area contributed by atoms with Crippen LogP contribution in [0.3, 0.4) is 0 Å². The van der Waals surface area contributed by atoms with Crippen molar-refractivity contribution in [3.63, 3.8) is 0 Å². The minimum Gasteiger partial charge on any atom is -0.383 e. The lowest BCUT2D eigenvalue weighted by molar-refractivity contribution is 0.602. The first-order valence-corrected chi connectivity index (χ1v) is 5.64. The van der Waals surface area contributed by atoms with Crippen LogP contribution in [-0.2, 0) is 0 Å². The molecule has 2 nitrogen and oxygen atoms in total. The highest BCUT2D eigenvalue weighted by molar-refractivity contribution is 5.56. The lowest BCUT2D eigenvalue weighted by Gasteiger charge is -2.13. The van der Waals surface area contributed by atoms with E-state index in [4.69, 9.17) is 0 Å². The molecular weight excluding hydrogens is 184 g/mol. The molecule has 84 valence electrons. The van der Waals surface area contributed by atoms with Crippen molar-refractivity contribution in [2.75, 3.05) is 18.4 Å². The number of hydrogen-bond acceptors (Lipinski definition) is 2. The van der Waals surface area contributed by atoms with Crippen LogP contribution in [0.4, 0.5) is 5.69 Å². The Balaban J connectivity index is 2.43. The smallest absolute Gasteiger partial charge is 0.0400 e. The van der Waals surface area contributed by atoms with Crippen molar-refractivity contribution < 1.29 is 0 Å². The molecule has 15 heavy (non-hydrogen) atoms. The Hall–Kier alpha value is -1.02. The molecule has 2 heteroatoms. The van der Waals surface area contributed by atoms with Crippen molar-refractivity contribution in [2.24, 2.45) is 0 Å². The van der Waals surface area contributed by atoms with Crippen LogP contribution in [0.1, 0.15) is 25.0 Å². The molecule has 1 aromatic carbocycles. The maximum Gasteiger partial charge on any atom is 0.0400 e. The van der Waals surface area contributed by atoms with Gasteiger partial charge in [-0.25, -0.2) is 0 Å². The largest absolute Gasteiger partial charge is 0.383 e. The monoisotopic (exact) mass is 206 g/mol. The van der Waals surface area contributed by atoms with E-state index < -0.39 is 0 Å². The summed E-state index contributed by atoms with van der Waals surface area (Å²) in [7, 11) is 0. The third-order valence-electron chi connectivity index (χ3n) is 2.46. The Morgan fingerprint density at radius 2 is 1.67 bits per heavy atom. The number of hydrogen-bond donors (Lipinski definition) is 2. The van der Waals surface area contributed by atoms with Gasteiger partial charge < -0.3 is 10.6 Å². The molecule has 0 aliphatic carbocycles. The summed E-state index contributed by atoms with van der Waals surface area (Å²) < 4.78 is 0. The lowest BCUT2D eigenvalue weighted by atomic mass is 10.1. The molecule has 0 heterocycles. The summed E-state index contributed by atoms with van der Waals surface area (Å²) in [6.45, 7) is 10.6. The zero-order chi connectivity index (χ0) is 11.3. The summed E-state index contributed by atoms with van der Waals surface area (Å²) in [5.74, 6) is 0.